The molecule has 1 unspecified atom stereocenters. The molecule has 140 valence electrons. The maximum Gasteiger partial charge on any atom is 0.408 e. The van der Waals surface area contributed by atoms with Gasteiger partial charge in [-0.25, -0.2) is 4.98 Å². The highest BCUT2D eigenvalue weighted by molar-refractivity contribution is 7.17. The predicted octanol–water partition coefficient (Wildman–Crippen LogP) is 4.14. The third-order valence-electron chi connectivity index (χ3n) is 2.96. The quantitative estimate of drug-likeness (QED) is 0.516. The summed E-state index contributed by atoms with van der Waals surface area (Å²) in [5, 5.41) is 10.7. The van der Waals surface area contributed by atoms with Crippen LogP contribution in [-0.4, -0.2) is 22.5 Å². The largest absolute Gasteiger partial charge is 0.430 e. The molecule has 1 amide bonds. The number of halogens is 2. The first-order valence-corrected chi connectivity index (χ1v) is 8.32. The summed E-state index contributed by atoms with van der Waals surface area (Å²) in [6, 6.07) is 7.16. The number of nitrogens with two attached hydrogens (primary N) is 1. The van der Waals surface area contributed by atoms with Crippen molar-refractivity contribution in [3.05, 3.63) is 47.7 Å². The number of primary amides is 1. The smallest absolute Gasteiger partial charge is 0.408 e. The van der Waals surface area contributed by atoms with Crippen molar-refractivity contribution in [2.45, 2.75) is 26.6 Å². The molecule has 0 spiro atoms. The summed E-state index contributed by atoms with van der Waals surface area (Å²) in [4.78, 5) is 15.6. The number of carbonyl (C=O) groups is 1. The topological polar surface area (TPSA) is 101 Å². The fourth-order valence-corrected chi connectivity index (χ4v) is 2.18. The van der Waals surface area contributed by atoms with Crippen molar-refractivity contribution >= 4 is 32.4 Å². The molecule has 0 bridgehead atoms. The molecule has 0 saturated heterocycles. The van der Waals surface area contributed by atoms with E-state index in [2.05, 4.69) is 15.0 Å². The highest BCUT2D eigenvalue weighted by Crippen LogP contribution is 2.29. The molecule has 0 radical (unpaired) electrons. The second-order valence-corrected chi connectivity index (χ2v) is 5.56. The van der Waals surface area contributed by atoms with Gasteiger partial charge >= 0.3 is 5.85 Å². The van der Waals surface area contributed by atoms with Gasteiger partial charge in [0.05, 0.1) is 11.1 Å². The maximum absolute atomic E-state index is 12.8. The van der Waals surface area contributed by atoms with E-state index in [1.807, 2.05) is 13.8 Å². The summed E-state index contributed by atoms with van der Waals surface area (Å²) < 4.78 is 29.9. The lowest BCUT2D eigenvalue weighted by atomic mass is 10.0. The van der Waals surface area contributed by atoms with Gasteiger partial charge in [-0.15, -0.1) is 0 Å². The number of anilines is 2. The van der Waals surface area contributed by atoms with Gasteiger partial charge in [0.25, 0.3) is 0 Å². The number of alkyl halides is 2. The van der Waals surface area contributed by atoms with E-state index in [0.29, 0.717) is 5.69 Å². The van der Waals surface area contributed by atoms with Crippen LogP contribution >= 0.6 is 9.24 Å². The van der Waals surface area contributed by atoms with E-state index in [1.165, 1.54) is 52.7 Å². The molecule has 1 aromatic carbocycles. The Morgan fingerprint density at radius 3 is 2.31 bits per heavy atom. The average molecular weight is 382 g/mol. The molecule has 0 aliphatic heterocycles. The molecule has 1 heterocycles. The van der Waals surface area contributed by atoms with Gasteiger partial charge in [0, 0.05) is 17.6 Å². The van der Waals surface area contributed by atoms with Crippen molar-refractivity contribution in [1.29, 1.82) is 5.41 Å². The molecule has 0 aliphatic rings. The van der Waals surface area contributed by atoms with Crippen molar-refractivity contribution in [3.63, 3.8) is 0 Å². The van der Waals surface area contributed by atoms with Crippen LogP contribution in [0, 0.1) is 5.41 Å². The standard InChI is InChI=1S/C15H15F2N4O2P.C2H6/c1-8(18)12-11(13(19)22)6-7-20-14(12)21-9-2-4-10(5-3-9)23-15(16,17)24;1-2/h2-7,18H,24H2,1H3,(H2,19,22)(H,20,21);1-2H3. The van der Waals surface area contributed by atoms with Crippen LogP contribution in [0.4, 0.5) is 20.3 Å². The van der Waals surface area contributed by atoms with E-state index in [1.54, 1.807) is 0 Å². The Balaban J connectivity index is 0.00000163. The molecule has 2 aromatic rings. The van der Waals surface area contributed by atoms with Crippen molar-refractivity contribution in [1.82, 2.24) is 4.98 Å². The van der Waals surface area contributed by atoms with Gasteiger partial charge in [-0.2, -0.15) is 8.78 Å². The number of benzene rings is 1. The van der Waals surface area contributed by atoms with Crippen LogP contribution in [-0.2, 0) is 0 Å². The lowest BCUT2D eigenvalue weighted by molar-refractivity contribution is -0.0892. The molecule has 0 saturated carbocycles. The Labute approximate surface area is 152 Å². The number of carbonyl (C=O) groups excluding carboxylic acids is 1. The Bertz CT molecular complexity index is 777. The van der Waals surface area contributed by atoms with Crippen molar-refractivity contribution in [2.75, 3.05) is 5.32 Å². The number of nitrogens with zero attached hydrogens (tertiary/aromatic N) is 1. The van der Waals surface area contributed by atoms with Gasteiger partial charge < -0.3 is 21.2 Å². The summed E-state index contributed by atoms with van der Waals surface area (Å²) in [6.07, 6.45) is 1.39. The number of aromatic nitrogens is 1. The summed E-state index contributed by atoms with van der Waals surface area (Å²) in [7, 11) is 1.29. The van der Waals surface area contributed by atoms with E-state index in [0.717, 1.165) is 0 Å². The molecule has 0 aliphatic carbocycles. The Kier molecular flexibility index (Phi) is 7.58. The molecule has 4 N–H and O–H groups in total. The summed E-state index contributed by atoms with van der Waals surface area (Å²) >= 11 is 0. The number of hydrogen-bond acceptors (Lipinski definition) is 5. The molecule has 1 atom stereocenters. The average Bonchev–Trinajstić information content (AvgIpc) is 2.56. The van der Waals surface area contributed by atoms with Gasteiger partial charge in [0.2, 0.25) is 5.91 Å². The SMILES string of the molecule is CC.CC(=N)c1c(C(N)=O)ccnc1Nc1ccc(OC(F)(F)P)cc1. The number of pyridine rings is 1. The first-order valence-electron chi connectivity index (χ1n) is 7.74. The minimum Gasteiger partial charge on any atom is -0.430 e. The van der Waals surface area contributed by atoms with Crippen LogP contribution in [0.1, 0.15) is 36.7 Å². The van der Waals surface area contributed by atoms with Crippen LogP contribution in [0.3, 0.4) is 0 Å². The molecule has 6 nitrogen and oxygen atoms in total. The van der Waals surface area contributed by atoms with Gasteiger partial charge in [0.1, 0.15) is 11.6 Å². The second kappa shape index (κ2) is 9.20. The Hall–Kier alpha value is -2.60. The zero-order chi connectivity index (χ0) is 19.9. The Morgan fingerprint density at radius 1 is 1.27 bits per heavy atom. The van der Waals surface area contributed by atoms with E-state index >= 15 is 0 Å². The first-order chi connectivity index (χ1) is 12.2. The number of amides is 1. The molecule has 0 fully saturated rings. The second-order valence-electron chi connectivity index (χ2n) is 4.88. The van der Waals surface area contributed by atoms with Crippen molar-refractivity contribution < 1.29 is 18.3 Å². The normalized spacial score (nSPS) is 10.4. The highest BCUT2D eigenvalue weighted by atomic mass is 31.0. The van der Waals surface area contributed by atoms with Crippen molar-refractivity contribution in [2.24, 2.45) is 5.73 Å². The minimum atomic E-state index is -3.35. The number of rotatable bonds is 6. The summed E-state index contributed by atoms with van der Waals surface area (Å²) in [5.74, 6) is -3.77. The lowest BCUT2D eigenvalue weighted by Gasteiger charge is -2.15. The van der Waals surface area contributed by atoms with E-state index in [4.69, 9.17) is 11.1 Å². The number of ether oxygens (including phenoxy) is 1. The minimum absolute atomic E-state index is 0.0112. The predicted molar refractivity (Wildman–Crippen MR) is 102 cm³/mol. The van der Waals surface area contributed by atoms with Gasteiger partial charge in [-0.1, -0.05) is 13.8 Å². The molecular weight excluding hydrogens is 361 g/mol. The molecule has 1 aromatic heterocycles. The summed E-state index contributed by atoms with van der Waals surface area (Å²) in [6.45, 7) is 5.51. The van der Waals surface area contributed by atoms with E-state index in [9.17, 15) is 13.6 Å². The van der Waals surface area contributed by atoms with E-state index in [-0.39, 0.29) is 28.4 Å². The highest BCUT2D eigenvalue weighted by Gasteiger charge is 2.23. The van der Waals surface area contributed by atoms with Crippen LogP contribution in [0.2, 0.25) is 0 Å². The van der Waals surface area contributed by atoms with Gasteiger partial charge in [0.15, 0.2) is 0 Å². The fourth-order valence-electron chi connectivity index (χ4n) is 2.04. The molecule has 9 heteroatoms. The Morgan fingerprint density at radius 2 is 1.85 bits per heavy atom. The third-order valence-corrected chi connectivity index (χ3v) is 3.08. The van der Waals surface area contributed by atoms with Gasteiger partial charge in [-0.3, -0.25) is 4.79 Å². The van der Waals surface area contributed by atoms with E-state index < -0.39 is 11.8 Å². The lowest BCUT2D eigenvalue weighted by Crippen LogP contribution is -2.17. The molecular formula is C17H21F2N4O2P. The zero-order valence-electron chi connectivity index (χ0n) is 14.6. The first kappa shape index (κ1) is 21.4. The van der Waals surface area contributed by atoms with Crippen LogP contribution in [0.25, 0.3) is 0 Å². The molecule has 2 rings (SSSR count). The fraction of sp³-hybridized carbons (Fsp3) is 0.235. The zero-order valence-corrected chi connectivity index (χ0v) is 15.8. The van der Waals surface area contributed by atoms with Crippen molar-refractivity contribution in [3.8, 4) is 5.75 Å². The molecule has 26 heavy (non-hydrogen) atoms. The van der Waals surface area contributed by atoms with Crippen LogP contribution in [0.15, 0.2) is 36.5 Å². The maximum atomic E-state index is 12.8. The number of hydrogen-bond donors (Lipinski definition) is 3. The van der Waals surface area contributed by atoms with Crippen LogP contribution in [0.5, 0.6) is 5.75 Å². The van der Waals surface area contributed by atoms with Gasteiger partial charge in [-0.05, 0) is 46.5 Å². The third kappa shape index (κ3) is 6.04. The number of nitrogens with one attached hydrogen (secondary N) is 2. The van der Waals surface area contributed by atoms with Crippen LogP contribution < -0.4 is 15.8 Å². The monoisotopic (exact) mass is 382 g/mol. The summed E-state index contributed by atoms with van der Waals surface area (Å²) in [5.41, 5.74) is 6.39.